The van der Waals surface area contributed by atoms with Gasteiger partial charge < -0.3 is 13.3 Å². The highest BCUT2D eigenvalue weighted by atomic mass is 32.2. The molecule has 0 rings (SSSR count). The summed E-state index contributed by atoms with van der Waals surface area (Å²) in [7, 11) is 1.49. The maximum Gasteiger partial charge on any atom is 0.500 e. The van der Waals surface area contributed by atoms with Crippen LogP contribution in [0.3, 0.4) is 0 Å². The Bertz CT molecular complexity index is 472. The highest BCUT2D eigenvalue weighted by Crippen LogP contribution is 2.18. The summed E-state index contributed by atoms with van der Waals surface area (Å²) in [5.41, 5.74) is 3.42. The first-order chi connectivity index (χ1) is 16.2. The predicted molar refractivity (Wildman–Crippen MR) is 160 cm³/mol. The van der Waals surface area contributed by atoms with Gasteiger partial charge in [0.2, 0.25) is 0 Å². The number of rotatable bonds is 20. The van der Waals surface area contributed by atoms with Crippen LogP contribution in [-0.2, 0) is 13.3 Å². The zero-order chi connectivity index (χ0) is 26.1. The van der Waals surface area contributed by atoms with Crippen molar-refractivity contribution in [1.29, 1.82) is 0 Å². The summed E-state index contributed by atoms with van der Waals surface area (Å²) >= 11 is 1.84. The molecule has 0 aromatic heterocycles. The van der Waals surface area contributed by atoms with Crippen molar-refractivity contribution in [2.24, 2.45) is 5.92 Å². The van der Waals surface area contributed by atoms with Crippen molar-refractivity contribution in [2.75, 3.05) is 27.1 Å². The quantitative estimate of drug-likeness (QED) is 0.0886. The van der Waals surface area contributed by atoms with Crippen molar-refractivity contribution in [3.05, 3.63) is 0 Å². The smallest absolute Gasteiger partial charge is 0.377 e. The Morgan fingerprint density at radius 3 is 1.32 bits per heavy atom. The van der Waals surface area contributed by atoms with Gasteiger partial charge in [0.15, 0.2) is 0 Å². The van der Waals surface area contributed by atoms with E-state index < -0.39 is 16.9 Å². The van der Waals surface area contributed by atoms with Crippen LogP contribution in [0.15, 0.2) is 0 Å². The van der Waals surface area contributed by atoms with E-state index in [4.69, 9.17) is 13.3 Å². The second-order valence-electron chi connectivity index (χ2n) is 10.8. The lowest BCUT2D eigenvalue weighted by molar-refractivity contribution is 0.119. The molecular formula is C28H60O3SSi2. The van der Waals surface area contributed by atoms with Crippen molar-refractivity contribution < 1.29 is 13.3 Å². The Morgan fingerprint density at radius 2 is 1.03 bits per heavy atom. The molecule has 0 N–H and O–H groups in total. The van der Waals surface area contributed by atoms with E-state index in [1.54, 1.807) is 21.3 Å². The number of thioether (sulfide) groups is 1. The number of hydrogen-bond acceptors (Lipinski definition) is 4. The van der Waals surface area contributed by atoms with Gasteiger partial charge in [0.05, 0.1) is 0 Å². The fourth-order valence-corrected chi connectivity index (χ4v) is 7.57. The Kier molecular flexibility index (Phi) is 26.6. The minimum Gasteiger partial charge on any atom is -0.377 e. The van der Waals surface area contributed by atoms with Crippen LogP contribution < -0.4 is 0 Å². The average Bonchev–Trinajstić information content (AvgIpc) is 2.79. The molecule has 0 heterocycles. The summed E-state index contributed by atoms with van der Waals surface area (Å²) in [6, 6.07) is 0.872. The standard InChI is InChI=1S/C21H42SSi.C7H18O3Si/c1-5-6-7-8-9-10-11-12-13-14-15-16-17-18-19-22-20-21-23(2,3)4;1-7(2)6-11(8-3,9-4)10-5/h5-19H2,1-4H3;7H,6H2,1-5H3. The summed E-state index contributed by atoms with van der Waals surface area (Å²) < 4.78 is 15.7. The third-order valence-electron chi connectivity index (χ3n) is 5.69. The van der Waals surface area contributed by atoms with Gasteiger partial charge in [-0.1, -0.05) is 136 Å². The molecule has 34 heavy (non-hydrogen) atoms. The largest absolute Gasteiger partial charge is 0.500 e. The maximum atomic E-state index is 5.24. The third-order valence-corrected chi connectivity index (χ3v) is 10.7. The summed E-state index contributed by atoms with van der Waals surface area (Å²) in [4.78, 5) is 0. The highest BCUT2D eigenvalue weighted by Gasteiger charge is 2.38. The lowest BCUT2D eigenvalue weighted by atomic mass is 10.0. The molecule has 0 saturated carbocycles. The molecule has 0 aliphatic carbocycles. The topological polar surface area (TPSA) is 27.7 Å². The average molecular weight is 533 g/mol. The van der Waals surface area contributed by atoms with Gasteiger partial charge in [-0.2, -0.15) is 0 Å². The molecule has 204 valence electrons. The lowest BCUT2D eigenvalue weighted by Crippen LogP contribution is -2.43. The predicted octanol–water partition coefficient (Wildman–Crippen LogP) is 9.56. The fourth-order valence-electron chi connectivity index (χ4n) is 3.61. The van der Waals surface area contributed by atoms with Gasteiger partial charge in [0, 0.05) is 33.1 Å². The molecule has 0 fully saturated rings. The monoisotopic (exact) mass is 532 g/mol. The van der Waals surface area contributed by atoms with Crippen molar-refractivity contribution in [3.63, 3.8) is 0 Å². The van der Waals surface area contributed by atoms with E-state index in [-0.39, 0.29) is 0 Å². The van der Waals surface area contributed by atoms with Gasteiger partial charge in [-0.25, -0.2) is 0 Å². The second kappa shape index (κ2) is 24.9. The van der Waals surface area contributed by atoms with Crippen molar-refractivity contribution in [1.82, 2.24) is 0 Å². The summed E-state index contributed by atoms with van der Waals surface area (Å²) in [6.45, 7) is 13.5. The van der Waals surface area contributed by atoms with Gasteiger partial charge in [-0.15, -0.1) is 5.54 Å². The molecule has 0 aliphatic rings. The van der Waals surface area contributed by atoms with Crippen LogP contribution in [-0.4, -0.2) is 44.0 Å². The summed E-state index contributed by atoms with van der Waals surface area (Å²) in [5.74, 6) is 1.77. The molecule has 0 spiro atoms. The molecule has 6 heteroatoms. The minimum absolute atomic E-state index is 0.543. The first-order valence-electron chi connectivity index (χ1n) is 14.0. The van der Waals surface area contributed by atoms with Gasteiger partial charge in [-0.3, -0.25) is 0 Å². The zero-order valence-electron chi connectivity index (χ0n) is 24.5. The van der Waals surface area contributed by atoms with E-state index in [1.807, 2.05) is 11.8 Å². The Labute approximate surface area is 221 Å². The summed E-state index contributed by atoms with van der Waals surface area (Å²) in [6.07, 6.45) is 20.2. The molecule has 3 nitrogen and oxygen atoms in total. The molecule has 0 unspecified atom stereocenters. The van der Waals surface area contributed by atoms with E-state index in [1.165, 1.54) is 95.6 Å². The Morgan fingerprint density at radius 1 is 0.647 bits per heavy atom. The van der Waals surface area contributed by atoms with E-state index in [0.29, 0.717) is 5.92 Å². The van der Waals surface area contributed by atoms with Gasteiger partial charge in [-0.05, 0) is 17.6 Å². The number of hydrogen-bond donors (Lipinski definition) is 0. The molecular weight excluding hydrogens is 473 g/mol. The van der Waals surface area contributed by atoms with Gasteiger partial charge >= 0.3 is 8.80 Å². The van der Waals surface area contributed by atoms with Crippen LogP contribution in [0.5, 0.6) is 0 Å². The fraction of sp³-hybridized carbons (Fsp3) is 0.929. The normalized spacial score (nSPS) is 11.7. The van der Waals surface area contributed by atoms with Crippen LogP contribution in [0.25, 0.3) is 0 Å². The molecule has 0 atom stereocenters. The van der Waals surface area contributed by atoms with Crippen molar-refractivity contribution in [3.8, 4) is 10.8 Å². The van der Waals surface area contributed by atoms with Crippen LogP contribution in [0.1, 0.15) is 111 Å². The molecule has 0 aromatic rings. The van der Waals surface area contributed by atoms with E-state index in [2.05, 4.69) is 51.2 Å². The second-order valence-corrected chi connectivity index (χ2v) is 19.5. The molecule has 0 saturated heterocycles. The highest BCUT2D eigenvalue weighted by molar-refractivity contribution is 8.03. The molecule has 0 aliphatic heterocycles. The maximum absolute atomic E-state index is 5.24. The SMILES string of the molecule is CCCCCCCCCCCCCCCCSC#C[Si](C)(C)C.CO[Si](CC(C)C)(OC)OC. The molecule has 0 amide bonds. The first kappa shape index (κ1) is 36.4. The van der Waals surface area contributed by atoms with Crippen LogP contribution in [0.2, 0.25) is 25.7 Å². The molecule has 0 aromatic carbocycles. The van der Waals surface area contributed by atoms with E-state index in [9.17, 15) is 0 Å². The Hall–Kier alpha value is 0.224. The van der Waals surface area contributed by atoms with Crippen molar-refractivity contribution in [2.45, 2.75) is 136 Å². The first-order valence-corrected chi connectivity index (χ1v) is 20.4. The molecule has 0 radical (unpaired) electrons. The van der Waals surface area contributed by atoms with Crippen LogP contribution in [0.4, 0.5) is 0 Å². The van der Waals surface area contributed by atoms with Gasteiger partial charge in [0.1, 0.15) is 8.07 Å². The van der Waals surface area contributed by atoms with Crippen molar-refractivity contribution >= 4 is 28.6 Å². The minimum atomic E-state index is -2.28. The Balaban J connectivity index is 0. The van der Waals surface area contributed by atoms with E-state index in [0.717, 1.165) is 6.04 Å². The summed E-state index contributed by atoms with van der Waals surface area (Å²) in [5, 5.41) is 3.30. The number of unbranched alkanes of at least 4 members (excludes halogenated alkanes) is 13. The van der Waals surface area contributed by atoms with E-state index >= 15 is 0 Å². The van der Waals surface area contributed by atoms with Gasteiger partial charge in [0.25, 0.3) is 0 Å². The van der Waals surface area contributed by atoms with Crippen LogP contribution >= 0.6 is 11.8 Å². The molecule has 0 bridgehead atoms. The third kappa shape index (κ3) is 26.8. The zero-order valence-corrected chi connectivity index (χ0v) is 27.3. The van der Waals surface area contributed by atoms with Crippen LogP contribution in [0, 0.1) is 16.7 Å². The lowest BCUT2D eigenvalue weighted by Gasteiger charge is -2.25.